The van der Waals surface area contributed by atoms with Gasteiger partial charge in [0, 0.05) is 42.1 Å². The van der Waals surface area contributed by atoms with Crippen molar-refractivity contribution in [1.29, 1.82) is 0 Å². The van der Waals surface area contributed by atoms with E-state index in [4.69, 9.17) is 4.98 Å². The third-order valence-corrected chi connectivity index (χ3v) is 5.88. The highest BCUT2D eigenvalue weighted by Crippen LogP contribution is 2.32. The molecule has 1 aliphatic heterocycles. The smallest absolute Gasteiger partial charge is 0.159 e. The molecule has 0 bridgehead atoms. The minimum Gasteiger partial charge on any atom is -0.370 e. The van der Waals surface area contributed by atoms with Crippen molar-refractivity contribution in [2.24, 2.45) is 0 Å². The second kappa shape index (κ2) is 8.22. The first-order valence-corrected chi connectivity index (χ1v) is 10.8. The molecule has 4 aromatic rings. The molecule has 0 spiro atoms. The zero-order valence-corrected chi connectivity index (χ0v) is 17.7. The number of imidazole rings is 1. The summed E-state index contributed by atoms with van der Waals surface area (Å²) in [5.41, 5.74) is 7.12. The Labute approximate surface area is 181 Å². The number of aromatic amines is 2. The molecule has 4 heterocycles. The lowest BCUT2D eigenvalue weighted by molar-refractivity contribution is 0.325. The third kappa shape index (κ3) is 3.65. The van der Waals surface area contributed by atoms with Gasteiger partial charge in [-0.15, -0.1) is 0 Å². The second-order valence-electron chi connectivity index (χ2n) is 7.97. The number of rotatable bonds is 5. The Morgan fingerprint density at radius 1 is 1.13 bits per heavy atom. The highest BCUT2D eigenvalue weighted by molar-refractivity contribution is 5.94. The highest BCUT2D eigenvalue weighted by Gasteiger charge is 2.21. The fraction of sp³-hybridized carbons (Fsp3) is 0.240. The van der Waals surface area contributed by atoms with Crippen LogP contribution < -0.4 is 0 Å². The number of likely N-dealkylation sites (tertiary alicyclic amines) is 1. The van der Waals surface area contributed by atoms with Crippen LogP contribution in [0.25, 0.3) is 39.2 Å². The molecule has 156 valence electrons. The Bertz CT molecular complexity index is 1240. The summed E-state index contributed by atoms with van der Waals surface area (Å²) in [5, 5.41) is 8.77. The zero-order chi connectivity index (χ0) is 21.2. The molecule has 1 aliphatic rings. The van der Waals surface area contributed by atoms with Crippen molar-refractivity contribution in [2.75, 3.05) is 13.1 Å². The maximum absolute atomic E-state index is 4.99. The van der Waals surface area contributed by atoms with Crippen LogP contribution >= 0.6 is 0 Å². The van der Waals surface area contributed by atoms with Crippen molar-refractivity contribution >= 4 is 16.6 Å². The second-order valence-corrected chi connectivity index (χ2v) is 7.97. The molecule has 0 saturated carbocycles. The normalized spacial score (nSPS) is 14.9. The number of pyridine rings is 1. The van der Waals surface area contributed by atoms with Crippen LogP contribution in [-0.2, 0) is 0 Å². The summed E-state index contributed by atoms with van der Waals surface area (Å²) in [6.07, 6.45) is 11.3. The summed E-state index contributed by atoms with van der Waals surface area (Å²) < 4.78 is 0. The number of aromatic nitrogens is 5. The SMILES string of the molecule is C=C/C=C(\c1nc(-c2n[nH]c3ccc(-c4cccnc4)cc23)[nH]c1C)N1CCCCC1. The van der Waals surface area contributed by atoms with Gasteiger partial charge in [-0.25, -0.2) is 4.98 Å². The predicted octanol–water partition coefficient (Wildman–Crippen LogP) is 5.34. The van der Waals surface area contributed by atoms with Crippen LogP contribution in [0.2, 0.25) is 0 Å². The molecule has 1 saturated heterocycles. The molecule has 1 fully saturated rings. The van der Waals surface area contributed by atoms with Crippen LogP contribution in [0.15, 0.2) is 61.5 Å². The number of nitrogens with zero attached hydrogens (tertiary/aromatic N) is 4. The minimum atomic E-state index is 0.772. The van der Waals surface area contributed by atoms with Crippen molar-refractivity contribution in [3.05, 3.63) is 72.8 Å². The highest BCUT2D eigenvalue weighted by atomic mass is 15.2. The molecule has 2 N–H and O–H groups in total. The van der Waals surface area contributed by atoms with Gasteiger partial charge in [0.1, 0.15) is 11.4 Å². The van der Waals surface area contributed by atoms with Gasteiger partial charge < -0.3 is 9.88 Å². The van der Waals surface area contributed by atoms with Crippen molar-refractivity contribution in [2.45, 2.75) is 26.2 Å². The summed E-state index contributed by atoms with van der Waals surface area (Å²) >= 11 is 0. The number of hydrogen-bond donors (Lipinski definition) is 2. The lowest BCUT2D eigenvalue weighted by Gasteiger charge is -2.30. The molecule has 0 atom stereocenters. The Hall–Kier alpha value is -3.67. The molecule has 0 unspecified atom stereocenters. The van der Waals surface area contributed by atoms with E-state index in [1.807, 2.05) is 18.3 Å². The maximum Gasteiger partial charge on any atom is 0.159 e. The Morgan fingerprint density at radius 2 is 2.00 bits per heavy atom. The number of piperidine rings is 1. The summed E-state index contributed by atoms with van der Waals surface area (Å²) in [5.74, 6) is 0.772. The summed E-state index contributed by atoms with van der Waals surface area (Å²) in [6.45, 7) is 8.11. The predicted molar refractivity (Wildman–Crippen MR) is 125 cm³/mol. The lowest BCUT2D eigenvalue weighted by atomic mass is 10.0. The first-order valence-electron chi connectivity index (χ1n) is 10.8. The molecular formula is C25H26N6. The Morgan fingerprint density at radius 3 is 2.77 bits per heavy atom. The Balaban J connectivity index is 1.56. The molecule has 0 aliphatic carbocycles. The number of fused-ring (bicyclic) bond motifs is 1. The van der Waals surface area contributed by atoms with Gasteiger partial charge in [0.25, 0.3) is 0 Å². The van der Waals surface area contributed by atoms with E-state index in [0.29, 0.717) is 0 Å². The monoisotopic (exact) mass is 410 g/mol. The summed E-state index contributed by atoms with van der Waals surface area (Å²) in [6, 6.07) is 10.3. The number of benzene rings is 1. The Kier molecular flexibility index (Phi) is 5.12. The van der Waals surface area contributed by atoms with E-state index in [0.717, 1.165) is 63.7 Å². The number of nitrogens with one attached hydrogen (secondary N) is 2. The van der Waals surface area contributed by atoms with Crippen LogP contribution in [0.5, 0.6) is 0 Å². The van der Waals surface area contributed by atoms with E-state index in [1.54, 1.807) is 6.20 Å². The number of allylic oxidation sites excluding steroid dienone is 2. The van der Waals surface area contributed by atoms with E-state index in [2.05, 4.69) is 68.9 Å². The van der Waals surface area contributed by atoms with Gasteiger partial charge in [-0.2, -0.15) is 5.10 Å². The molecule has 6 nitrogen and oxygen atoms in total. The zero-order valence-electron chi connectivity index (χ0n) is 17.7. The number of aryl methyl sites for hydroxylation is 1. The lowest BCUT2D eigenvalue weighted by Crippen LogP contribution is -2.28. The average Bonchev–Trinajstić information content (AvgIpc) is 3.41. The van der Waals surface area contributed by atoms with Crippen molar-refractivity contribution in [1.82, 2.24) is 30.0 Å². The van der Waals surface area contributed by atoms with Crippen LogP contribution in [-0.4, -0.2) is 43.1 Å². The average molecular weight is 411 g/mol. The molecule has 3 aromatic heterocycles. The van der Waals surface area contributed by atoms with Crippen LogP contribution in [0.3, 0.4) is 0 Å². The van der Waals surface area contributed by atoms with E-state index in [9.17, 15) is 0 Å². The van der Waals surface area contributed by atoms with Crippen LogP contribution in [0, 0.1) is 6.92 Å². The van der Waals surface area contributed by atoms with Gasteiger partial charge >= 0.3 is 0 Å². The molecule has 0 amide bonds. The fourth-order valence-corrected chi connectivity index (χ4v) is 4.31. The van der Waals surface area contributed by atoms with E-state index >= 15 is 0 Å². The van der Waals surface area contributed by atoms with E-state index in [-0.39, 0.29) is 0 Å². The number of H-pyrrole nitrogens is 2. The fourth-order valence-electron chi connectivity index (χ4n) is 4.31. The summed E-state index contributed by atoms with van der Waals surface area (Å²) in [4.78, 5) is 15.1. The first-order chi connectivity index (χ1) is 15.2. The third-order valence-electron chi connectivity index (χ3n) is 5.88. The van der Waals surface area contributed by atoms with Crippen molar-refractivity contribution in [3.8, 4) is 22.6 Å². The summed E-state index contributed by atoms with van der Waals surface area (Å²) in [7, 11) is 0. The molecular weight excluding hydrogens is 384 g/mol. The largest absolute Gasteiger partial charge is 0.370 e. The van der Waals surface area contributed by atoms with Gasteiger partial charge in [-0.05, 0) is 56.0 Å². The number of hydrogen-bond acceptors (Lipinski definition) is 4. The molecule has 31 heavy (non-hydrogen) atoms. The van der Waals surface area contributed by atoms with Gasteiger partial charge in [-0.1, -0.05) is 24.8 Å². The van der Waals surface area contributed by atoms with Crippen LogP contribution in [0.4, 0.5) is 0 Å². The minimum absolute atomic E-state index is 0.772. The molecule has 1 aromatic carbocycles. The van der Waals surface area contributed by atoms with Gasteiger partial charge in [0.05, 0.1) is 11.2 Å². The molecule has 6 heteroatoms. The van der Waals surface area contributed by atoms with Gasteiger partial charge in [0.15, 0.2) is 5.82 Å². The standard InChI is InChI=1S/C25H26N6/c1-3-8-22(31-13-5-4-6-14-31)23-17(2)27-25(28-23)24-20-15-18(10-11-21(20)29-30-24)19-9-7-12-26-16-19/h3,7-12,15-16H,1,4-6,13-14H2,2H3,(H,27,28)(H,29,30)/b22-8+. The van der Waals surface area contributed by atoms with Crippen molar-refractivity contribution in [3.63, 3.8) is 0 Å². The maximum atomic E-state index is 4.99. The first kappa shape index (κ1) is 19.3. The van der Waals surface area contributed by atoms with Gasteiger partial charge in [0.2, 0.25) is 0 Å². The topological polar surface area (TPSA) is 73.5 Å². The van der Waals surface area contributed by atoms with Crippen LogP contribution in [0.1, 0.15) is 30.7 Å². The van der Waals surface area contributed by atoms with Gasteiger partial charge in [-0.3, -0.25) is 10.1 Å². The van der Waals surface area contributed by atoms with Crippen molar-refractivity contribution < 1.29 is 0 Å². The quantitative estimate of drug-likeness (QED) is 0.436. The molecule has 5 rings (SSSR count). The molecule has 0 radical (unpaired) electrons. The van der Waals surface area contributed by atoms with E-state index in [1.165, 1.54) is 19.3 Å². The van der Waals surface area contributed by atoms with E-state index < -0.39 is 0 Å².